The van der Waals surface area contributed by atoms with E-state index in [0.29, 0.717) is 18.4 Å². The molecule has 2 amide bonds. The third-order valence-corrected chi connectivity index (χ3v) is 5.05. The molecular weight excluding hydrogens is 306 g/mol. The van der Waals surface area contributed by atoms with Crippen molar-refractivity contribution in [2.45, 2.75) is 45.6 Å². The first-order valence-corrected chi connectivity index (χ1v) is 9.31. The summed E-state index contributed by atoms with van der Waals surface area (Å²) in [4.78, 5) is 28.7. The molecule has 0 radical (unpaired) electrons. The number of piperazine rings is 1. The monoisotopic (exact) mass is 339 g/mol. The van der Waals surface area contributed by atoms with Crippen LogP contribution in [0.2, 0.25) is 0 Å². The number of carbonyl (C=O) groups excluding carboxylic acids is 2. The number of rotatable bonds is 7. The fourth-order valence-electron chi connectivity index (χ4n) is 3.53. The van der Waals surface area contributed by atoms with E-state index < -0.39 is 0 Å². The van der Waals surface area contributed by atoms with Crippen LogP contribution in [-0.2, 0) is 14.3 Å². The van der Waals surface area contributed by atoms with Crippen molar-refractivity contribution < 1.29 is 14.3 Å². The van der Waals surface area contributed by atoms with E-state index in [-0.39, 0.29) is 24.3 Å². The van der Waals surface area contributed by atoms with Crippen LogP contribution in [0.25, 0.3) is 0 Å². The lowest BCUT2D eigenvalue weighted by Crippen LogP contribution is -2.57. The largest absolute Gasteiger partial charge is 0.381 e. The van der Waals surface area contributed by atoms with E-state index in [9.17, 15) is 9.59 Å². The Kier molecular flexibility index (Phi) is 7.49. The molecule has 1 N–H and O–H groups in total. The molecule has 2 saturated heterocycles. The van der Waals surface area contributed by atoms with Gasteiger partial charge in [-0.25, -0.2) is 0 Å². The van der Waals surface area contributed by atoms with Crippen LogP contribution < -0.4 is 5.32 Å². The van der Waals surface area contributed by atoms with Crippen LogP contribution in [0.15, 0.2) is 0 Å². The van der Waals surface area contributed by atoms with Gasteiger partial charge in [0.05, 0.1) is 12.5 Å². The van der Waals surface area contributed by atoms with Gasteiger partial charge in [-0.3, -0.25) is 14.5 Å². The second-order valence-electron chi connectivity index (χ2n) is 7.56. The zero-order valence-electron chi connectivity index (χ0n) is 15.4. The molecule has 1 atom stereocenters. The first kappa shape index (κ1) is 19.2. The summed E-state index contributed by atoms with van der Waals surface area (Å²) in [6.45, 7) is 9.10. The molecule has 2 heterocycles. The Labute approximate surface area is 145 Å². The summed E-state index contributed by atoms with van der Waals surface area (Å²) in [6, 6.07) is -0.320. The number of hydrogen-bond acceptors (Lipinski definition) is 4. The number of hydrogen-bond donors (Lipinski definition) is 1. The normalized spacial score (nSPS) is 23.3. The van der Waals surface area contributed by atoms with Crippen LogP contribution in [0, 0.1) is 11.8 Å². The van der Waals surface area contributed by atoms with E-state index in [1.807, 2.05) is 7.05 Å². The summed E-state index contributed by atoms with van der Waals surface area (Å²) in [7, 11) is 1.86. The minimum atomic E-state index is -0.320. The van der Waals surface area contributed by atoms with Gasteiger partial charge < -0.3 is 15.0 Å². The van der Waals surface area contributed by atoms with Gasteiger partial charge in [0.15, 0.2) is 0 Å². The lowest BCUT2D eigenvalue weighted by Gasteiger charge is -2.36. The molecular formula is C18H33N3O3. The number of nitrogens with zero attached hydrogens (tertiary/aromatic N) is 2. The first-order chi connectivity index (χ1) is 11.5. The Balaban J connectivity index is 1.82. The SMILES string of the molecule is CC(C)CN1CCNC(=O)[C@@H]1CC(=O)N(C)CCC1CCOCC1. The molecule has 0 aliphatic carbocycles. The molecule has 2 fully saturated rings. The van der Waals surface area contributed by atoms with Gasteiger partial charge in [-0.2, -0.15) is 0 Å². The predicted octanol–water partition coefficient (Wildman–Crippen LogP) is 1.11. The molecule has 0 bridgehead atoms. The highest BCUT2D eigenvalue weighted by molar-refractivity contribution is 5.88. The van der Waals surface area contributed by atoms with Crippen molar-refractivity contribution >= 4 is 11.8 Å². The minimum Gasteiger partial charge on any atom is -0.381 e. The second-order valence-corrected chi connectivity index (χ2v) is 7.56. The molecule has 0 aromatic carbocycles. The maximum absolute atomic E-state index is 12.6. The third-order valence-electron chi connectivity index (χ3n) is 5.05. The van der Waals surface area contributed by atoms with Crippen LogP contribution in [0.1, 0.15) is 39.5 Å². The predicted molar refractivity (Wildman–Crippen MR) is 93.6 cm³/mol. The topological polar surface area (TPSA) is 61.9 Å². The second kappa shape index (κ2) is 9.37. The average Bonchev–Trinajstić information content (AvgIpc) is 2.56. The number of nitrogens with one attached hydrogen (secondary N) is 1. The van der Waals surface area contributed by atoms with E-state index in [4.69, 9.17) is 4.74 Å². The Hall–Kier alpha value is -1.14. The molecule has 2 aliphatic rings. The van der Waals surface area contributed by atoms with Crippen LogP contribution in [0.5, 0.6) is 0 Å². The maximum Gasteiger partial charge on any atom is 0.237 e. The summed E-state index contributed by atoms with van der Waals surface area (Å²) in [5, 5.41) is 2.90. The highest BCUT2D eigenvalue weighted by Gasteiger charge is 2.32. The number of carbonyl (C=O) groups is 2. The standard InChI is InChI=1S/C18H33N3O3/c1-14(2)13-21-9-7-19-18(23)16(21)12-17(22)20(3)8-4-15-5-10-24-11-6-15/h14-16H,4-13H2,1-3H3,(H,19,23)/t16-/m0/s1. The van der Waals surface area contributed by atoms with E-state index in [2.05, 4.69) is 24.1 Å². The Morgan fingerprint density at radius 3 is 2.75 bits per heavy atom. The van der Waals surface area contributed by atoms with Crippen molar-refractivity contribution in [3.63, 3.8) is 0 Å². The van der Waals surface area contributed by atoms with Crippen molar-refractivity contribution in [3.8, 4) is 0 Å². The zero-order chi connectivity index (χ0) is 17.5. The number of ether oxygens (including phenoxy) is 1. The molecule has 2 rings (SSSR count). The van der Waals surface area contributed by atoms with Gasteiger partial charge in [-0.15, -0.1) is 0 Å². The fourth-order valence-corrected chi connectivity index (χ4v) is 3.53. The Morgan fingerprint density at radius 1 is 1.38 bits per heavy atom. The fraction of sp³-hybridized carbons (Fsp3) is 0.889. The van der Waals surface area contributed by atoms with E-state index in [1.54, 1.807) is 4.90 Å². The Bertz CT molecular complexity index is 422. The molecule has 0 spiro atoms. The molecule has 0 aromatic rings. The lowest BCUT2D eigenvalue weighted by molar-refractivity contribution is -0.138. The first-order valence-electron chi connectivity index (χ1n) is 9.31. The van der Waals surface area contributed by atoms with Crippen LogP contribution in [0.4, 0.5) is 0 Å². The molecule has 0 saturated carbocycles. The van der Waals surface area contributed by atoms with Crippen molar-refractivity contribution in [2.24, 2.45) is 11.8 Å². The van der Waals surface area contributed by atoms with Crippen LogP contribution in [0.3, 0.4) is 0 Å². The summed E-state index contributed by atoms with van der Waals surface area (Å²) in [6.07, 6.45) is 3.49. The Morgan fingerprint density at radius 2 is 2.08 bits per heavy atom. The van der Waals surface area contributed by atoms with Gasteiger partial charge in [0.25, 0.3) is 0 Å². The summed E-state index contributed by atoms with van der Waals surface area (Å²) in [5.41, 5.74) is 0. The van der Waals surface area contributed by atoms with E-state index >= 15 is 0 Å². The van der Waals surface area contributed by atoms with Crippen molar-refractivity contribution in [3.05, 3.63) is 0 Å². The summed E-state index contributed by atoms with van der Waals surface area (Å²) >= 11 is 0. The third kappa shape index (κ3) is 5.74. The van der Waals surface area contributed by atoms with Crippen molar-refractivity contribution in [1.82, 2.24) is 15.1 Å². The minimum absolute atomic E-state index is 0.00641. The molecule has 2 aliphatic heterocycles. The molecule has 24 heavy (non-hydrogen) atoms. The van der Waals surface area contributed by atoms with Crippen LogP contribution in [-0.4, -0.2) is 74.1 Å². The van der Waals surface area contributed by atoms with Gasteiger partial charge in [-0.05, 0) is 31.1 Å². The molecule has 138 valence electrons. The van der Waals surface area contributed by atoms with Gasteiger partial charge in [0, 0.05) is 46.4 Å². The van der Waals surface area contributed by atoms with Gasteiger partial charge in [0.1, 0.15) is 0 Å². The summed E-state index contributed by atoms with van der Waals surface area (Å²) in [5.74, 6) is 1.20. The molecule has 6 nitrogen and oxygen atoms in total. The highest BCUT2D eigenvalue weighted by atomic mass is 16.5. The smallest absolute Gasteiger partial charge is 0.237 e. The van der Waals surface area contributed by atoms with Gasteiger partial charge in [-0.1, -0.05) is 13.8 Å². The average molecular weight is 339 g/mol. The lowest BCUT2D eigenvalue weighted by atomic mass is 9.96. The van der Waals surface area contributed by atoms with E-state index in [1.165, 1.54) is 0 Å². The van der Waals surface area contributed by atoms with Gasteiger partial charge >= 0.3 is 0 Å². The van der Waals surface area contributed by atoms with Crippen molar-refractivity contribution in [1.29, 1.82) is 0 Å². The molecule has 0 aromatic heterocycles. The van der Waals surface area contributed by atoms with Gasteiger partial charge in [0.2, 0.25) is 11.8 Å². The number of amides is 2. The summed E-state index contributed by atoms with van der Waals surface area (Å²) < 4.78 is 5.38. The van der Waals surface area contributed by atoms with Crippen molar-refractivity contribution in [2.75, 3.05) is 46.4 Å². The molecule has 6 heteroatoms. The molecule has 0 unspecified atom stereocenters. The van der Waals surface area contributed by atoms with Crippen LogP contribution >= 0.6 is 0 Å². The quantitative estimate of drug-likeness (QED) is 0.755. The maximum atomic E-state index is 12.6. The zero-order valence-corrected chi connectivity index (χ0v) is 15.4. The highest BCUT2D eigenvalue weighted by Crippen LogP contribution is 2.19. The van der Waals surface area contributed by atoms with E-state index in [0.717, 1.165) is 52.1 Å².